The Morgan fingerprint density at radius 1 is 1.48 bits per heavy atom. The van der Waals surface area contributed by atoms with Gasteiger partial charge in [0.1, 0.15) is 6.04 Å². The molecule has 21 heavy (non-hydrogen) atoms. The molecule has 1 saturated heterocycles. The van der Waals surface area contributed by atoms with Gasteiger partial charge in [-0.15, -0.1) is 11.3 Å². The zero-order valence-electron chi connectivity index (χ0n) is 12.1. The van der Waals surface area contributed by atoms with Crippen molar-refractivity contribution in [1.82, 2.24) is 4.90 Å². The molecule has 1 aromatic rings. The SMILES string of the molecule is CCOC(=O)C1CCCN1C(=O)CCCc1ccc(Br)s1. The van der Waals surface area contributed by atoms with Gasteiger partial charge in [0.15, 0.2) is 0 Å². The van der Waals surface area contributed by atoms with Gasteiger partial charge in [-0.05, 0) is 60.7 Å². The van der Waals surface area contributed by atoms with Gasteiger partial charge >= 0.3 is 5.97 Å². The van der Waals surface area contributed by atoms with Crippen molar-refractivity contribution < 1.29 is 14.3 Å². The molecule has 1 atom stereocenters. The summed E-state index contributed by atoms with van der Waals surface area (Å²) in [5, 5.41) is 0. The second kappa shape index (κ2) is 7.94. The zero-order chi connectivity index (χ0) is 15.2. The second-order valence-corrected chi connectivity index (χ2v) is 7.60. The van der Waals surface area contributed by atoms with E-state index in [1.165, 1.54) is 4.88 Å². The van der Waals surface area contributed by atoms with Crippen LogP contribution in [0.1, 0.15) is 37.5 Å². The average molecular weight is 374 g/mol. The molecule has 1 aliphatic rings. The number of hydrogen-bond donors (Lipinski definition) is 0. The number of hydrogen-bond acceptors (Lipinski definition) is 4. The van der Waals surface area contributed by atoms with Gasteiger partial charge in [-0.1, -0.05) is 0 Å². The molecule has 0 bridgehead atoms. The van der Waals surface area contributed by atoms with Crippen molar-refractivity contribution in [2.75, 3.05) is 13.2 Å². The number of carbonyl (C=O) groups excluding carboxylic acids is 2. The van der Waals surface area contributed by atoms with Crippen LogP contribution < -0.4 is 0 Å². The van der Waals surface area contributed by atoms with E-state index in [-0.39, 0.29) is 17.9 Å². The summed E-state index contributed by atoms with van der Waals surface area (Å²) in [6, 6.07) is 3.74. The van der Waals surface area contributed by atoms with Crippen molar-refractivity contribution in [3.05, 3.63) is 20.8 Å². The number of nitrogens with zero attached hydrogens (tertiary/aromatic N) is 1. The Hall–Kier alpha value is -0.880. The highest BCUT2D eigenvalue weighted by atomic mass is 79.9. The van der Waals surface area contributed by atoms with E-state index in [4.69, 9.17) is 4.74 Å². The number of esters is 1. The molecule has 1 aliphatic heterocycles. The Morgan fingerprint density at radius 2 is 2.29 bits per heavy atom. The molecular formula is C15H20BrNO3S. The summed E-state index contributed by atoms with van der Waals surface area (Å²) >= 11 is 5.14. The Labute approximate surface area is 137 Å². The van der Waals surface area contributed by atoms with Crippen LogP contribution in [0.15, 0.2) is 15.9 Å². The Bertz CT molecular complexity index is 503. The molecule has 1 amide bonds. The first kappa shape index (κ1) is 16.5. The number of aryl methyl sites for hydroxylation is 1. The summed E-state index contributed by atoms with van der Waals surface area (Å²) in [6.45, 7) is 2.83. The highest BCUT2D eigenvalue weighted by Crippen LogP contribution is 2.24. The van der Waals surface area contributed by atoms with Gasteiger partial charge in [0.05, 0.1) is 10.4 Å². The molecule has 0 spiro atoms. The van der Waals surface area contributed by atoms with Gasteiger partial charge in [-0.2, -0.15) is 0 Å². The number of amides is 1. The molecule has 1 fully saturated rings. The predicted molar refractivity (Wildman–Crippen MR) is 86.3 cm³/mol. The molecule has 116 valence electrons. The molecule has 0 N–H and O–H groups in total. The number of thiophene rings is 1. The summed E-state index contributed by atoms with van der Waals surface area (Å²) in [6.07, 6.45) is 3.82. The monoisotopic (exact) mass is 373 g/mol. The van der Waals surface area contributed by atoms with E-state index in [1.54, 1.807) is 23.2 Å². The Kier molecular flexibility index (Phi) is 6.23. The average Bonchev–Trinajstić information content (AvgIpc) is 3.08. The van der Waals surface area contributed by atoms with Crippen molar-refractivity contribution in [3.8, 4) is 0 Å². The summed E-state index contributed by atoms with van der Waals surface area (Å²) in [7, 11) is 0. The lowest BCUT2D eigenvalue weighted by Gasteiger charge is -2.23. The number of rotatable bonds is 6. The van der Waals surface area contributed by atoms with Crippen LogP contribution >= 0.6 is 27.3 Å². The van der Waals surface area contributed by atoms with Crippen LogP contribution in [-0.2, 0) is 20.7 Å². The smallest absolute Gasteiger partial charge is 0.328 e. The van der Waals surface area contributed by atoms with Crippen LogP contribution in [0.2, 0.25) is 0 Å². The van der Waals surface area contributed by atoms with Crippen LogP contribution in [0.4, 0.5) is 0 Å². The molecular weight excluding hydrogens is 354 g/mol. The van der Waals surface area contributed by atoms with Crippen molar-refractivity contribution in [2.45, 2.75) is 45.1 Å². The molecule has 0 aromatic carbocycles. The maximum absolute atomic E-state index is 12.3. The van der Waals surface area contributed by atoms with E-state index in [2.05, 4.69) is 22.0 Å². The standard InChI is InChI=1S/C15H20BrNO3S/c1-2-20-15(19)12-6-4-10-17(12)14(18)7-3-5-11-8-9-13(16)21-11/h8-9,12H,2-7,10H2,1H3. The molecule has 2 heterocycles. The van der Waals surface area contributed by atoms with Gasteiger partial charge in [0.2, 0.25) is 5.91 Å². The van der Waals surface area contributed by atoms with E-state index in [0.29, 0.717) is 19.6 Å². The second-order valence-electron chi connectivity index (χ2n) is 5.06. The highest BCUT2D eigenvalue weighted by Gasteiger charge is 2.34. The molecule has 1 aromatic heterocycles. The fourth-order valence-corrected chi connectivity index (χ4v) is 4.12. The molecule has 1 unspecified atom stereocenters. The van der Waals surface area contributed by atoms with Crippen LogP contribution in [0.5, 0.6) is 0 Å². The first-order valence-electron chi connectivity index (χ1n) is 7.32. The van der Waals surface area contributed by atoms with E-state index >= 15 is 0 Å². The minimum atomic E-state index is -0.367. The van der Waals surface area contributed by atoms with E-state index in [0.717, 1.165) is 29.5 Å². The summed E-state index contributed by atoms with van der Waals surface area (Å²) < 4.78 is 6.16. The third kappa shape index (κ3) is 4.54. The largest absolute Gasteiger partial charge is 0.464 e. The van der Waals surface area contributed by atoms with E-state index < -0.39 is 0 Å². The van der Waals surface area contributed by atoms with Crippen molar-refractivity contribution in [3.63, 3.8) is 0 Å². The highest BCUT2D eigenvalue weighted by molar-refractivity contribution is 9.11. The molecule has 4 nitrogen and oxygen atoms in total. The molecule has 2 rings (SSSR count). The summed E-state index contributed by atoms with van der Waals surface area (Å²) in [5.41, 5.74) is 0. The third-order valence-corrected chi connectivity index (χ3v) is 5.26. The lowest BCUT2D eigenvalue weighted by molar-refractivity contribution is -0.153. The molecule has 0 saturated carbocycles. The van der Waals surface area contributed by atoms with E-state index in [1.807, 2.05) is 6.07 Å². The van der Waals surface area contributed by atoms with Gasteiger partial charge in [0.25, 0.3) is 0 Å². The number of ether oxygens (including phenoxy) is 1. The predicted octanol–water partition coefficient (Wildman–Crippen LogP) is 3.39. The van der Waals surface area contributed by atoms with Crippen molar-refractivity contribution in [1.29, 1.82) is 0 Å². The van der Waals surface area contributed by atoms with Crippen LogP contribution in [0.3, 0.4) is 0 Å². The lowest BCUT2D eigenvalue weighted by Crippen LogP contribution is -2.41. The van der Waals surface area contributed by atoms with Crippen molar-refractivity contribution >= 4 is 39.1 Å². The van der Waals surface area contributed by atoms with Gasteiger partial charge < -0.3 is 9.64 Å². The first-order chi connectivity index (χ1) is 10.1. The van der Waals surface area contributed by atoms with Gasteiger partial charge in [-0.3, -0.25) is 4.79 Å². The fourth-order valence-electron chi connectivity index (χ4n) is 2.59. The molecule has 0 aliphatic carbocycles. The Balaban J connectivity index is 1.80. The minimum absolute atomic E-state index is 0.0705. The summed E-state index contributed by atoms with van der Waals surface area (Å²) in [5.74, 6) is -0.188. The normalized spacial score (nSPS) is 18.0. The van der Waals surface area contributed by atoms with Crippen LogP contribution in [-0.4, -0.2) is 36.0 Å². The third-order valence-electron chi connectivity index (χ3n) is 3.57. The summed E-state index contributed by atoms with van der Waals surface area (Å²) in [4.78, 5) is 27.1. The minimum Gasteiger partial charge on any atom is -0.464 e. The van der Waals surface area contributed by atoms with Crippen LogP contribution in [0, 0.1) is 0 Å². The van der Waals surface area contributed by atoms with E-state index in [9.17, 15) is 9.59 Å². The van der Waals surface area contributed by atoms with Crippen LogP contribution in [0.25, 0.3) is 0 Å². The maximum Gasteiger partial charge on any atom is 0.328 e. The first-order valence-corrected chi connectivity index (χ1v) is 8.93. The lowest BCUT2D eigenvalue weighted by atomic mass is 10.2. The number of halogens is 1. The van der Waals surface area contributed by atoms with Crippen molar-refractivity contribution in [2.24, 2.45) is 0 Å². The number of likely N-dealkylation sites (tertiary alicyclic amines) is 1. The van der Waals surface area contributed by atoms with Gasteiger partial charge in [-0.25, -0.2) is 4.79 Å². The zero-order valence-corrected chi connectivity index (χ0v) is 14.5. The number of carbonyl (C=O) groups is 2. The topological polar surface area (TPSA) is 46.6 Å². The fraction of sp³-hybridized carbons (Fsp3) is 0.600. The molecule has 6 heteroatoms. The Morgan fingerprint density at radius 3 is 2.95 bits per heavy atom. The quantitative estimate of drug-likeness (QED) is 0.718. The maximum atomic E-state index is 12.3. The molecule has 0 radical (unpaired) electrons. The van der Waals surface area contributed by atoms with Gasteiger partial charge in [0, 0.05) is 17.8 Å².